The summed E-state index contributed by atoms with van der Waals surface area (Å²) in [5.41, 5.74) is 0.546. The molecule has 0 saturated carbocycles. The van der Waals surface area contributed by atoms with Crippen LogP contribution in [0.5, 0.6) is 0 Å². The summed E-state index contributed by atoms with van der Waals surface area (Å²) in [7, 11) is -2.93. The fourth-order valence-electron chi connectivity index (χ4n) is 3.69. The molecule has 1 aromatic carbocycles. The minimum atomic E-state index is -2.93. The zero-order valence-corrected chi connectivity index (χ0v) is 17.1. The summed E-state index contributed by atoms with van der Waals surface area (Å²) in [5, 5.41) is 0. The van der Waals surface area contributed by atoms with Crippen molar-refractivity contribution in [1.29, 1.82) is 0 Å². The number of hydrogen-bond acceptors (Lipinski definition) is 7. The van der Waals surface area contributed by atoms with Gasteiger partial charge in [-0.25, -0.2) is 8.42 Å². The van der Waals surface area contributed by atoms with Gasteiger partial charge in [0.05, 0.1) is 17.9 Å². The normalized spacial score (nSPS) is 21.7. The third-order valence-electron chi connectivity index (χ3n) is 5.40. The molecule has 8 nitrogen and oxygen atoms in total. The average molecular weight is 423 g/mol. The highest BCUT2D eigenvalue weighted by Crippen LogP contribution is 2.19. The van der Waals surface area contributed by atoms with E-state index in [0.717, 1.165) is 0 Å². The zero-order chi connectivity index (χ0) is 20.9. The van der Waals surface area contributed by atoms with Crippen molar-refractivity contribution in [3.63, 3.8) is 0 Å². The molecule has 0 aliphatic carbocycles. The van der Waals surface area contributed by atoms with Gasteiger partial charge in [0.2, 0.25) is 0 Å². The van der Waals surface area contributed by atoms with E-state index in [1.54, 1.807) is 29.2 Å². The number of esters is 1. The van der Waals surface area contributed by atoms with Gasteiger partial charge in [-0.2, -0.15) is 0 Å². The Balaban J connectivity index is 1.34. The van der Waals surface area contributed by atoms with E-state index >= 15 is 0 Å². The first-order valence-electron chi connectivity index (χ1n) is 9.80. The quantitative estimate of drug-likeness (QED) is 0.466. The Morgan fingerprint density at radius 1 is 1.00 bits per heavy atom. The smallest absolute Gasteiger partial charge is 0.306 e. The highest BCUT2D eigenvalue weighted by Gasteiger charge is 2.34. The number of hydrogen-bond donors (Lipinski definition) is 0. The monoisotopic (exact) mass is 422 g/mol. The fourth-order valence-corrected chi connectivity index (χ4v) is 5.45. The number of nitrogens with zero attached hydrogens (tertiary/aromatic N) is 2. The average Bonchev–Trinajstić information content (AvgIpc) is 3.10. The van der Waals surface area contributed by atoms with Crippen molar-refractivity contribution >= 4 is 27.5 Å². The molecule has 2 saturated heterocycles. The van der Waals surface area contributed by atoms with Gasteiger partial charge in [-0.1, -0.05) is 30.3 Å². The number of carbonyl (C=O) groups is 3. The molecule has 3 rings (SSSR count). The number of piperazine rings is 1. The second-order valence-corrected chi connectivity index (χ2v) is 9.65. The Kier molecular flexibility index (Phi) is 7.02. The summed E-state index contributed by atoms with van der Waals surface area (Å²) in [5.74, 6) is -0.553. The van der Waals surface area contributed by atoms with Crippen LogP contribution in [0, 0.1) is 0 Å². The fraction of sp³-hybridized carbons (Fsp3) is 0.550. The van der Waals surface area contributed by atoms with Gasteiger partial charge < -0.3 is 9.64 Å². The predicted molar refractivity (Wildman–Crippen MR) is 106 cm³/mol. The molecule has 2 aliphatic heterocycles. The van der Waals surface area contributed by atoms with Gasteiger partial charge in [-0.3, -0.25) is 19.3 Å². The predicted octanol–water partition coefficient (Wildman–Crippen LogP) is 0.524. The molecule has 29 heavy (non-hydrogen) atoms. The van der Waals surface area contributed by atoms with Crippen LogP contribution in [-0.2, 0) is 24.2 Å². The van der Waals surface area contributed by atoms with Crippen molar-refractivity contribution in [2.45, 2.75) is 25.3 Å². The molecule has 0 spiro atoms. The summed E-state index contributed by atoms with van der Waals surface area (Å²) in [6.45, 7) is 1.87. The third-order valence-corrected chi connectivity index (χ3v) is 7.15. The standard InChI is InChI=1S/C20H26N2O6S/c23-18(16-4-2-1-3-5-16)6-7-20(25)28-14-19(24)22-11-9-21(10-12-22)17-8-13-29(26,27)15-17/h1-5,17H,6-15H2. The van der Waals surface area contributed by atoms with Gasteiger partial charge >= 0.3 is 5.97 Å². The van der Waals surface area contributed by atoms with Crippen LogP contribution >= 0.6 is 0 Å². The van der Waals surface area contributed by atoms with E-state index in [-0.39, 0.29) is 48.7 Å². The number of Topliss-reactive ketones (excluding diaryl/α,β-unsaturated/α-hetero) is 1. The van der Waals surface area contributed by atoms with Crippen LogP contribution in [0.2, 0.25) is 0 Å². The van der Waals surface area contributed by atoms with Crippen LogP contribution < -0.4 is 0 Å². The topological polar surface area (TPSA) is 101 Å². The number of ketones is 1. The molecule has 1 atom stereocenters. The van der Waals surface area contributed by atoms with E-state index in [0.29, 0.717) is 38.2 Å². The largest absolute Gasteiger partial charge is 0.456 e. The van der Waals surface area contributed by atoms with Gasteiger partial charge in [0.25, 0.3) is 5.91 Å². The Bertz CT molecular complexity index is 847. The Labute approximate surface area is 170 Å². The Morgan fingerprint density at radius 2 is 1.69 bits per heavy atom. The number of amides is 1. The van der Waals surface area contributed by atoms with Crippen molar-refractivity contribution in [2.75, 3.05) is 44.3 Å². The molecule has 0 radical (unpaired) electrons. The maximum atomic E-state index is 12.3. The lowest BCUT2D eigenvalue weighted by Gasteiger charge is -2.37. The Morgan fingerprint density at radius 3 is 2.31 bits per heavy atom. The number of sulfone groups is 1. The van der Waals surface area contributed by atoms with Crippen molar-refractivity contribution in [3.05, 3.63) is 35.9 Å². The minimum absolute atomic E-state index is 0.0391. The molecule has 1 aromatic rings. The second-order valence-electron chi connectivity index (χ2n) is 7.42. The Hall–Kier alpha value is -2.26. The van der Waals surface area contributed by atoms with Crippen molar-refractivity contribution in [2.24, 2.45) is 0 Å². The molecule has 0 aromatic heterocycles. The van der Waals surface area contributed by atoms with E-state index in [2.05, 4.69) is 4.90 Å². The minimum Gasteiger partial charge on any atom is -0.456 e. The first-order valence-corrected chi connectivity index (χ1v) is 11.6. The summed E-state index contributed by atoms with van der Waals surface area (Å²) in [6.07, 6.45) is 0.626. The number of rotatable bonds is 7. The lowest BCUT2D eigenvalue weighted by molar-refractivity contribution is -0.152. The van der Waals surface area contributed by atoms with Crippen LogP contribution in [0.3, 0.4) is 0 Å². The van der Waals surface area contributed by atoms with Gasteiger partial charge in [0, 0.05) is 44.2 Å². The van der Waals surface area contributed by atoms with Crippen LogP contribution in [0.4, 0.5) is 0 Å². The number of ether oxygens (including phenoxy) is 1. The molecular weight excluding hydrogens is 396 g/mol. The lowest BCUT2D eigenvalue weighted by Crippen LogP contribution is -2.53. The van der Waals surface area contributed by atoms with Gasteiger partial charge in [-0.15, -0.1) is 0 Å². The van der Waals surface area contributed by atoms with Crippen molar-refractivity contribution < 1.29 is 27.5 Å². The van der Waals surface area contributed by atoms with Crippen molar-refractivity contribution in [1.82, 2.24) is 9.80 Å². The molecule has 1 amide bonds. The van der Waals surface area contributed by atoms with Crippen LogP contribution in [-0.4, -0.2) is 86.2 Å². The highest BCUT2D eigenvalue weighted by atomic mass is 32.2. The first-order chi connectivity index (χ1) is 13.8. The number of benzene rings is 1. The maximum absolute atomic E-state index is 12.3. The molecule has 9 heteroatoms. The summed E-state index contributed by atoms with van der Waals surface area (Å²) in [6, 6.07) is 8.75. The number of carbonyl (C=O) groups excluding carboxylic acids is 3. The van der Waals surface area contributed by atoms with Crippen LogP contribution in [0.1, 0.15) is 29.6 Å². The molecule has 2 aliphatic rings. The van der Waals surface area contributed by atoms with E-state index in [9.17, 15) is 22.8 Å². The van der Waals surface area contributed by atoms with Crippen LogP contribution in [0.15, 0.2) is 30.3 Å². The molecule has 158 valence electrons. The zero-order valence-electron chi connectivity index (χ0n) is 16.3. The van der Waals surface area contributed by atoms with Gasteiger partial charge in [0.15, 0.2) is 22.2 Å². The van der Waals surface area contributed by atoms with E-state index in [4.69, 9.17) is 4.74 Å². The molecule has 1 unspecified atom stereocenters. The maximum Gasteiger partial charge on any atom is 0.306 e. The molecule has 0 N–H and O–H groups in total. The van der Waals surface area contributed by atoms with Gasteiger partial charge in [0.1, 0.15) is 0 Å². The molecule has 2 fully saturated rings. The SMILES string of the molecule is O=C(CCC(=O)c1ccccc1)OCC(=O)N1CCN(C2CCS(=O)(=O)C2)CC1. The molecular formula is C20H26N2O6S. The second kappa shape index (κ2) is 9.49. The van der Waals surface area contributed by atoms with E-state index in [1.807, 2.05) is 6.07 Å². The van der Waals surface area contributed by atoms with Gasteiger partial charge in [-0.05, 0) is 6.42 Å². The third kappa shape index (κ3) is 6.11. The molecule has 2 heterocycles. The van der Waals surface area contributed by atoms with Crippen molar-refractivity contribution in [3.8, 4) is 0 Å². The van der Waals surface area contributed by atoms with Crippen LogP contribution in [0.25, 0.3) is 0 Å². The summed E-state index contributed by atoms with van der Waals surface area (Å²) in [4.78, 5) is 39.8. The van der Waals surface area contributed by atoms with E-state index in [1.165, 1.54) is 0 Å². The molecule has 0 bridgehead atoms. The first kappa shape index (κ1) is 21.4. The summed E-state index contributed by atoms with van der Waals surface area (Å²) >= 11 is 0. The lowest BCUT2D eigenvalue weighted by atomic mass is 10.1. The summed E-state index contributed by atoms with van der Waals surface area (Å²) < 4.78 is 28.3. The van der Waals surface area contributed by atoms with E-state index < -0.39 is 15.8 Å². The highest BCUT2D eigenvalue weighted by molar-refractivity contribution is 7.91.